The first-order valence-corrected chi connectivity index (χ1v) is 19.9. The highest BCUT2D eigenvalue weighted by atomic mass is 15.0. The third-order valence-corrected chi connectivity index (χ3v) is 11.9. The van der Waals surface area contributed by atoms with E-state index < -0.39 is 0 Å². The van der Waals surface area contributed by atoms with Crippen molar-refractivity contribution < 1.29 is 0 Å². The molecule has 0 bridgehead atoms. The highest BCUT2D eigenvalue weighted by molar-refractivity contribution is 6.32. The average molecular weight is 738 g/mol. The fourth-order valence-corrected chi connectivity index (χ4v) is 9.30. The molecule has 0 fully saturated rings. The van der Waals surface area contributed by atoms with Crippen molar-refractivity contribution in [2.75, 3.05) is 0 Å². The molecule has 3 heteroatoms. The summed E-state index contributed by atoms with van der Waals surface area (Å²) in [4.78, 5) is 5.20. The Hall–Kier alpha value is -7.75. The maximum Gasteiger partial charge on any atom is 0.0715 e. The van der Waals surface area contributed by atoms with Crippen LogP contribution < -0.4 is 0 Å². The van der Waals surface area contributed by atoms with Crippen LogP contribution >= 0.6 is 0 Å². The van der Waals surface area contributed by atoms with Gasteiger partial charge in [-0.15, -0.1) is 0 Å². The minimum atomic E-state index is 0.951. The van der Waals surface area contributed by atoms with Crippen molar-refractivity contribution in [3.63, 3.8) is 0 Å². The zero-order valence-corrected chi connectivity index (χ0v) is 31.5. The molecular weight excluding hydrogens is 703 g/mol. The fourth-order valence-electron chi connectivity index (χ4n) is 9.30. The van der Waals surface area contributed by atoms with E-state index in [0.717, 1.165) is 33.8 Å². The zero-order valence-electron chi connectivity index (χ0n) is 31.5. The molecule has 0 aliphatic carbocycles. The molecule has 0 radical (unpaired) electrons. The van der Waals surface area contributed by atoms with Crippen LogP contribution in [0.15, 0.2) is 212 Å². The molecule has 3 heterocycles. The molecule has 0 aliphatic rings. The third-order valence-electron chi connectivity index (χ3n) is 11.9. The number of para-hydroxylation sites is 3. The molecule has 0 amide bonds. The van der Waals surface area contributed by atoms with Crippen molar-refractivity contribution in [1.29, 1.82) is 0 Å². The Balaban J connectivity index is 1.05. The number of rotatable bonds is 5. The fraction of sp³-hybridized carbons (Fsp3) is 0. The maximum atomic E-state index is 5.20. The Morgan fingerprint density at radius 3 is 1.41 bits per heavy atom. The summed E-state index contributed by atoms with van der Waals surface area (Å²) in [5.41, 5.74) is 13.5. The van der Waals surface area contributed by atoms with Gasteiger partial charge < -0.3 is 9.13 Å². The minimum Gasteiger partial charge on any atom is -0.309 e. The summed E-state index contributed by atoms with van der Waals surface area (Å²) in [6, 6.07) is 76.6. The van der Waals surface area contributed by atoms with Gasteiger partial charge in [0.15, 0.2) is 0 Å². The molecule has 3 aromatic heterocycles. The standard InChI is InChI=1S/C55H35N3/c1-4-14-36(15-5-1)40-34-47(37-16-6-2-7-17-37)56-48(35-40)38-24-28-42(29-25-38)58-49-22-12-10-20-45(49)54-44-30-26-39-27-32-52-55(53(39)43(44)31-33-51(54)58)46-21-11-13-23-50(46)57(52)41-18-8-3-9-19-41/h1-35H. The number of benzene rings is 9. The van der Waals surface area contributed by atoms with E-state index in [-0.39, 0.29) is 0 Å². The molecular formula is C55H35N3. The van der Waals surface area contributed by atoms with Crippen LogP contribution in [0.3, 0.4) is 0 Å². The van der Waals surface area contributed by atoms with Crippen molar-refractivity contribution in [3.05, 3.63) is 212 Å². The largest absolute Gasteiger partial charge is 0.309 e. The van der Waals surface area contributed by atoms with Crippen molar-refractivity contribution in [1.82, 2.24) is 14.1 Å². The van der Waals surface area contributed by atoms with Crippen LogP contribution in [0.25, 0.3) is 110 Å². The van der Waals surface area contributed by atoms with Gasteiger partial charge in [-0.05, 0) is 93.3 Å². The molecule has 270 valence electrons. The van der Waals surface area contributed by atoms with E-state index in [0.29, 0.717) is 0 Å². The Morgan fingerprint density at radius 2 is 0.741 bits per heavy atom. The zero-order chi connectivity index (χ0) is 38.2. The monoisotopic (exact) mass is 737 g/mol. The lowest BCUT2D eigenvalue weighted by molar-refractivity contribution is 1.18. The van der Waals surface area contributed by atoms with Gasteiger partial charge in [-0.3, -0.25) is 0 Å². The molecule has 0 spiro atoms. The molecule has 12 rings (SSSR count). The predicted molar refractivity (Wildman–Crippen MR) is 244 cm³/mol. The summed E-state index contributed by atoms with van der Waals surface area (Å²) in [5.74, 6) is 0. The summed E-state index contributed by atoms with van der Waals surface area (Å²) in [7, 11) is 0. The first kappa shape index (κ1) is 32.5. The lowest BCUT2D eigenvalue weighted by Crippen LogP contribution is -1.95. The number of nitrogens with zero attached hydrogens (tertiary/aromatic N) is 3. The van der Waals surface area contributed by atoms with Gasteiger partial charge in [-0.2, -0.15) is 0 Å². The Bertz CT molecular complexity index is 3470. The second-order valence-corrected chi connectivity index (χ2v) is 15.1. The maximum absolute atomic E-state index is 5.20. The van der Waals surface area contributed by atoms with E-state index in [1.807, 2.05) is 6.07 Å². The van der Waals surface area contributed by atoms with Crippen molar-refractivity contribution in [3.8, 4) is 45.0 Å². The molecule has 0 saturated heterocycles. The SMILES string of the molecule is c1ccc(-c2cc(-c3ccccc3)nc(-c3ccc(-n4c5ccccc5c5c6ccc7ccc8c(c9ccccc9n8-c8ccccc8)c7c6ccc54)cc3)c2)cc1. The molecule has 0 saturated carbocycles. The molecule has 0 unspecified atom stereocenters. The quantitative estimate of drug-likeness (QED) is 0.161. The van der Waals surface area contributed by atoms with E-state index in [2.05, 4.69) is 215 Å². The van der Waals surface area contributed by atoms with Crippen molar-refractivity contribution in [2.24, 2.45) is 0 Å². The average Bonchev–Trinajstić information content (AvgIpc) is 3.83. The lowest BCUT2D eigenvalue weighted by atomic mass is 9.95. The number of pyridine rings is 1. The van der Waals surface area contributed by atoms with Crippen LogP contribution in [-0.2, 0) is 0 Å². The van der Waals surface area contributed by atoms with Gasteiger partial charge in [0.05, 0.1) is 33.5 Å². The van der Waals surface area contributed by atoms with Gasteiger partial charge in [0.2, 0.25) is 0 Å². The first-order chi connectivity index (χ1) is 28.8. The smallest absolute Gasteiger partial charge is 0.0715 e. The molecule has 0 N–H and O–H groups in total. The second kappa shape index (κ2) is 12.9. The summed E-state index contributed by atoms with van der Waals surface area (Å²) < 4.78 is 4.83. The predicted octanol–water partition coefficient (Wildman–Crippen LogP) is 14.6. The topological polar surface area (TPSA) is 22.8 Å². The van der Waals surface area contributed by atoms with E-state index in [1.54, 1.807) is 0 Å². The highest BCUT2D eigenvalue weighted by Crippen LogP contribution is 2.44. The Morgan fingerprint density at radius 1 is 0.276 bits per heavy atom. The molecule has 58 heavy (non-hydrogen) atoms. The molecule has 12 aromatic rings. The summed E-state index contributed by atoms with van der Waals surface area (Å²) in [6.45, 7) is 0. The van der Waals surface area contributed by atoms with Crippen LogP contribution in [0, 0.1) is 0 Å². The van der Waals surface area contributed by atoms with Gasteiger partial charge in [-0.25, -0.2) is 4.98 Å². The highest BCUT2D eigenvalue weighted by Gasteiger charge is 2.20. The third kappa shape index (κ3) is 4.97. The van der Waals surface area contributed by atoms with Gasteiger partial charge >= 0.3 is 0 Å². The van der Waals surface area contributed by atoms with E-state index in [9.17, 15) is 0 Å². The van der Waals surface area contributed by atoms with Gasteiger partial charge in [0.1, 0.15) is 0 Å². The van der Waals surface area contributed by atoms with Crippen LogP contribution in [0.5, 0.6) is 0 Å². The van der Waals surface area contributed by atoms with Crippen LogP contribution in [0.2, 0.25) is 0 Å². The number of hydrogen-bond donors (Lipinski definition) is 0. The van der Waals surface area contributed by atoms with Crippen LogP contribution in [0.1, 0.15) is 0 Å². The van der Waals surface area contributed by atoms with E-state index >= 15 is 0 Å². The first-order valence-electron chi connectivity index (χ1n) is 19.9. The van der Waals surface area contributed by atoms with Gasteiger partial charge in [0, 0.05) is 44.0 Å². The van der Waals surface area contributed by atoms with Crippen LogP contribution in [0.4, 0.5) is 0 Å². The number of hydrogen-bond acceptors (Lipinski definition) is 1. The summed E-state index contributed by atoms with van der Waals surface area (Å²) in [5, 5.41) is 10.1. The van der Waals surface area contributed by atoms with E-state index in [1.165, 1.54) is 76.4 Å². The molecule has 0 atom stereocenters. The number of aromatic nitrogens is 3. The van der Waals surface area contributed by atoms with Gasteiger partial charge in [0.25, 0.3) is 0 Å². The Kier molecular flexibility index (Phi) is 7.23. The molecule has 0 aliphatic heterocycles. The molecule has 9 aromatic carbocycles. The van der Waals surface area contributed by atoms with Gasteiger partial charge in [-0.1, -0.05) is 152 Å². The van der Waals surface area contributed by atoms with Crippen LogP contribution in [-0.4, -0.2) is 14.1 Å². The lowest BCUT2D eigenvalue weighted by Gasteiger charge is -2.12. The summed E-state index contributed by atoms with van der Waals surface area (Å²) >= 11 is 0. The summed E-state index contributed by atoms with van der Waals surface area (Å²) in [6.07, 6.45) is 0. The Labute approximate surface area is 335 Å². The molecule has 3 nitrogen and oxygen atoms in total. The van der Waals surface area contributed by atoms with Crippen molar-refractivity contribution in [2.45, 2.75) is 0 Å². The normalized spacial score (nSPS) is 11.8. The van der Waals surface area contributed by atoms with Crippen molar-refractivity contribution >= 4 is 65.2 Å². The second-order valence-electron chi connectivity index (χ2n) is 15.1. The number of fused-ring (bicyclic) bond motifs is 11. The van der Waals surface area contributed by atoms with E-state index in [4.69, 9.17) is 4.98 Å². The minimum absolute atomic E-state index is 0.951.